The largest absolute Gasteiger partial charge is 0.492 e. The van der Waals surface area contributed by atoms with Crippen molar-refractivity contribution in [1.29, 1.82) is 0 Å². The molecule has 0 bridgehead atoms. The average Bonchev–Trinajstić information content (AvgIpc) is 2.41. The highest BCUT2D eigenvalue weighted by Crippen LogP contribution is 2.23. The van der Waals surface area contributed by atoms with E-state index in [2.05, 4.69) is 15.6 Å². The molecule has 0 saturated heterocycles. The first kappa shape index (κ1) is 14.3. The van der Waals surface area contributed by atoms with Gasteiger partial charge >= 0.3 is 0 Å². The van der Waals surface area contributed by atoms with E-state index in [4.69, 9.17) is 17.0 Å². The second-order valence-corrected chi connectivity index (χ2v) is 4.63. The summed E-state index contributed by atoms with van der Waals surface area (Å²) in [6.45, 7) is 4.57. The van der Waals surface area contributed by atoms with Crippen LogP contribution in [-0.2, 0) is 0 Å². The van der Waals surface area contributed by atoms with Crippen LogP contribution in [0.25, 0.3) is 0 Å². The summed E-state index contributed by atoms with van der Waals surface area (Å²) in [6.07, 6.45) is 1.74. The normalized spacial score (nSPS) is 9.90. The monoisotopic (exact) mass is 287 g/mol. The third-order valence-electron chi connectivity index (χ3n) is 2.59. The van der Waals surface area contributed by atoms with E-state index in [1.807, 2.05) is 50.2 Å². The highest BCUT2D eigenvalue weighted by atomic mass is 32.1. The van der Waals surface area contributed by atoms with Crippen molar-refractivity contribution in [2.24, 2.45) is 0 Å². The number of ether oxygens (including phenoxy) is 1. The molecule has 20 heavy (non-hydrogen) atoms. The number of hydrogen-bond acceptors (Lipinski definition) is 3. The van der Waals surface area contributed by atoms with Crippen LogP contribution in [0.3, 0.4) is 0 Å². The van der Waals surface area contributed by atoms with Crippen molar-refractivity contribution in [3.63, 3.8) is 0 Å². The number of benzene rings is 1. The second kappa shape index (κ2) is 6.86. The Labute approximate surface area is 124 Å². The summed E-state index contributed by atoms with van der Waals surface area (Å²) in [4.78, 5) is 4.21. The van der Waals surface area contributed by atoms with Crippen molar-refractivity contribution >= 4 is 28.8 Å². The molecule has 0 atom stereocenters. The van der Waals surface area contributed by atoms with Crippen LogP contribution in [0.15, 0.2) is 42.6 Å². The van der Waals surface area contributed by atoms with Crippen LogP contribution in [0, 0.1) is 6.92 Å². The molecular weight excluding hydrogens is 270 g/mol. The van der Waals surface area contributed by atoms with Crippen molar-refractivity contribution in [3.8, 4) is 5.75 Å². The van der Waals surface area contributed by atoms with Gasteiger partial charge in [-0.15, -0.1) is 0 Å². The van der Waals surface area contributed by atoms with Gasteiger partial charge in [-0.2, -0.15) is 0 Å². The third-order valence-corrected chi connectivity index (χ3v) is 2.80. The molecule has 2 rings (SSSR count). The first-order chi connectivity index (χ1) is 9.69. The van der Waals surface area contributed by atoms with E-state index in [-0.39, 0.29) is 0 Å². The van der Waals surface area contributed by atoms with Gasteiger partial charge in [-0.3, -0.25) is 0 Å². The van der Waals surface area contributed by atoms with Gasteiger partial charge in [-0.1, -0.05) is 12.1 Å². The van der Waals surface area contributed by atoms with E-state index in [0.717, 1.165) is 22.8 Å². The molecule has 1 aromatic carbocycles. The van der Waals surface area contributed by atoms with Gasteiger partial charge < -0.3 is 15.4 Å². The molecule has 0 aliphatic carbocycles. The Morgan fingerprint density at radius 3 is 2.80 bits per heavy atom. The Bertz CT molecular complexity index is 601. The molecule has 104 valence electrons. The van der Waals surface area contributed by atoms with Gasteiger partial charge in [0.25, 0.3) is 0 Å². The Morgan fingerprint density at radius 1 is 1.25 bits per heavy atom. The Balaban J connectivity index is 2.05. The summed E-state index contributed by atoms with van der Waals surface area (Å²) in [7, 11) is 0. The van der Waals surface area contributed by atoms with Crippen molar-refractivity contribution in [2.45, 2.75) is 13.8 Å². The minimum Gasteiger partial charge on any atom is -0.492 e. The van der Waals surface area contributed by atoms with Gasteiger partial charge in [0.15, 0.2) is 5.11 Å². The van der Waals surface area contributed by atoms with Gasteiger partial charge in [-0.05, 0) is 55.9 Å². The highest BCUT2D eigenvalue weighted by Gasteiger charge is 2.05. The van der Waals surface area contributed by atoms with Crippen LogP contribution in [-0.4, -0.2) is 16.7 Å². The highest BCUT2D eigenvalue weighted by molar-refractivity contribution is 7.80. The van der Waals surface area contributed by atoms with E-state index in [1.165, 1.54) is 0 Å². The van der Waals surface area contributed by atoms with Gasteiger partial charge in [0.2, 0.25) is 0 Å². The fourth-order valence-electron chi connectivity index (χ4n) is 1.73. The molecule has 2 N–H and O–H groups in total. The van der Waals surface area contributed by atoms with Gasteiger partial charge in [0, 0.05) is 6.20 Å². The van der Waals surface area contributed by atoms with E-state index >= 15 is 0 Å². The summed E-state index contributed by atoms with van der Waals surface area (Å²) in [6, 6.07) is 11.5. The number of para-hydroxylation sites is 2. The van der Waals surface area contributed by atoms with Crippen LogP contribution in [0.4, 0.5) is 11.5 Å². The molecule has 1 heterocycles. The smallest absolute Gasteiger partial charge is 0.176 e. The van der Waals surface area contributed by atoms with Gasteiger partial charge in [-0.25, -0.2) is 4.98 Å². The molecule has 5 heteroatoms. The number of nitrogens with one attached hydrogen (secondary N) is 2. The first-order valence-corrected chi connectivity index (χ1v) is 6.82. The van der Waals surface area contributed by atoms with Crippen LogP contribution in [0.2, 0.25) is 0 Å². The molecule has 0 aliphatic rings. The van der Waals surface area contributed by atoms with E-state index in [9.17, 15) is 0 Å². The number of rotatable bonds is 4. The molecule has 2 aromatic rings. The first-order valence-electron chi connectivity index (χ1n) is 6.41. The standard InChI is InChI=1S/C15H17N3OS/c1-3-19-13-7-5-4-6-12(13)17-15(20)18-14-10-11(2)8-9-16-14/h4-10H,3H2,1-2H3,(H2,16,17,18,20). The molecule has 0 aliphatic heterocycles. The molecule has 0 fully saturated rings. The number of thiocarbonyl (C=S) groups is 1. The van der Waals surface area contributed by atoms with Crippen molar-refractivity contribution in [1.82, 2.24) is 4.98 Å². The lowest BCUT2D eigenvalue weighted by molar-refractivity contribution is 0.342. The fraction of sp³-hybridized carbons (Fsp3) is 0.200. The number of aromatic nitrogens is 1. The van der Waals surface area contributed by atoms with Crippen molar-refractivity contribution in [2.75, 3.05) is 17.2 Å². The average molecular weight is 287 g/mol. The number of hydrogen-bond donors (Lipinski definition) is 2. The topological polar surface area (TPSA) is 46.2 Å². The maximum absolute atomic E-state index is 5.54. The number of nitrogens with zero attached hydrogens (tertiary/aromatic N) is 1. The van der Waals surface area contributed by atoms with Crippen molar-refractivity contribution < 1.29 is 4.74 Å². The number of pyridine rings is 1. The molecule has 0 saturated carbocycles. The van der Waals surface area contributed by atoms with Gasteiger partial charge in [0.1, 0.15) is 11.6 Å². The zero-order valence-electron chi connectivity index (χ0n) is 11.5. The molecule has 1 aromatic heterocycles. The Morgan fingerprint density at radius 2 is 2.05 bits per heavy atom. The number of aryl methyl sites for hydroxylation is 1. The van der Waals surface area contributed by atoms with E-state index in [0.29, 0.717) is 11.7 Å². The Hall–Kier alpha value is -2.14. The Kier molecular flexibility index (Phi) is 4.90. The van der Waals surface area contributed by atoms with Crippen molar-refractivity contribution in [3.05, 3.63) is 48.2 Å². The zero-order valence-corrected chi connectivity index (χ0v) is 12.3. The molecule has 4 nitrogen and oxygen atoms in total. The van der Waals surface area contributed by atoms with Crippen LogP contribution < -0.4 is 15.4 Å². The molecule has 0 radical (unpaired) electrons. The van der Waals surface area contributed by atoms with E-state index < -0.39 is 0 Å². The quantitative estimate of drug-likeness (QED) is 0.841. The summed E-state index contributed by atoms with van der Waals surface area (Å²) < 4.78 is 5.54. The van der Waals surface area contributed by atoms with Crippen LogP contribution >= 0.6 is 12.2 Å². The molecule has 0 unspecified atom stereocenters. The third kappa shape index (κ3) is 3.93. The molecule has 0 spiro atoms. The van der Waals surface area contributed by atoms with Crippen LogP contribution in [0.1, 0.15) is 12.5 Å². The minimum absolute atomic E-state index is 0.482. The number of anilines is 2. The molecule has 0 amide bonds. The zero-order chi connectivity index (χ0) is 14.4. The maximum atomic E-state index is 5.54. The summed E-state index contributed by atoms with van der Waals surface area (Å²) in [5.41, 5.74) is 1.96. The lowest BCUT2D eigenvalue weighted by Gasteiger charge is -2.13. The summed E-state index contributed by atoms with van der Waals surface area (Å²) in [5, 5.41) is 6.65. The summed E-state index contributed by atoms with van der Waals surface area (Å²) >= 11 is 5.29. The predicted octanol–water partition coefficient (Wildman–Crippen LogP) is 3.60. The lowest BCUT2D eigenvalue weighted by Crippen LogP contribution is -2.20. The molecular formula is C15H17N3OS. The van der Waals surface area contributed by atoms with Gasteiger partial charge in [0.05, 0.1) is 12.3 Å². The summed E-state index contributed by atoms with van der Waals surface area (Å²) in [5.74, 6) is 1.49. The van der Waals surface area contributed by atoms with E-state index in [1.54, 1.807) is 6.20 Å². The second-order valence-electron chi connectivity index (χ2n) is 4.23. The lowest BCUT2D eigenvalue weighted by atomic mass is 10.3. The fourth-order valence-corrected chi connectivity index (χ4v) is 1.94. The van der Waals surface area contributed by atoms with Crippen LogP contribution in [0.5, 0.6) is 5.75 Å². The SMILES string of the molecule is CCOc1ccccc1NC(=S)Nc1cc(C)ccn1. The predicted molar refractivity (Wildman–Crippen MR) is 86.4 cm³/mol. The minimum atomic E-state index is 0.482. The maximum Gasteiger partial charge on any atom is 0.176 e.